The Labute approximate surface area is 55.4 Å². The number of ether oxygens (including phenoxy) is 1. The Morgan fingerprint density at radius 1 is 1.78 bits per heavy atom. The summed E-state index contributed by atoms with van der Waals surface area (Å²) in [6.07, 6.45) is 0.423. The van der Waals surface area contributed by atoms with Gasteiger partial charge in [-0.1, -0.05) is 0 Å². The highest BCUT2D eigenvalue weighted by Crippen LogP contribution is 1.80. The second-order valence-electron chi connectivity index (χ2n) is 1.54. The molecule has 0 bridgehead atoms. The van der Waals surface area contributed by atoms with E-state index in [-0.39, 0.29) is 5.91 Å². The number of nitrogens with one attached hydrogen (secondary N) is 1. The Morgan fingerprint density at radius 3 is 2.89 bits per heavy atom. The smallest absolute Gasteiger partial charge is 0.222 e. The maximum atomic E-state index is 10.5. The SMILES string of the molecule is [CH2]COCCC(=O)NC. The molecule has 3 nitrogen and oxygen atoms in total. The van der Waals surface area contributed by atoms with Gasteiger partial charge in [0.1, 0.15) is 0 Å². The molecule has 0 fully saturated rings. The fourth-order valence-electron chi connectivity index (χ4n) is 0.392. The normalized spacial score (nSPS) is 9.11. The van der Waals surface area contributed by atoms with Crippen LogP contribution in [0.3, 0.4) is 0 Å². The molecule has 0 saturated carbocycles. The van der Waals surface area contributed by atoms with Crippen LogP contribution < -0.4 is 5.32 Å². The van der Waals surface area contributed by atoms with Crippen LogP contribution in [0, 0.1) is 6.92 Å². The molecule has 0 aromatic heterocycles. The maximum absolute atomic E-state index is 10.5. The summed E-state index contributed by atoms with van der Waals surface area (Å²) in [5, 5.41) is 2.48. The molecule has 0 heterocycles. The fourth-order valence-corrected chi connectivity index (χ4v) is 0.392. The molecule has 0 aliphatic heterocycles. The zero-order valence-electron chi connectivity index (χ0n) is 5.64. The first-order valence-electron chi connectivity index (χ1n) is 2.89. The van der Waals surface area contributed by atoms with E-state index in [9.17, 15) is 4.79 Å². The third kappa shape index (κ3) is 5.30. The minimum absolute atomic E-state index is 0.00319. The lowest BCUT2D eigenvalue weighted by Gasteiger charge is -1.98. The van der Waals surface area contributed by atoms with Crippen LogP contribution in [0.4, 0.5) is 0 Å². The average molecular weight is 130 g/mol. The number of hydrogen-bond donors (Lipinski definition) is 1. The Hall–Kier alpha value is -0.570. The summed E-state index contributed by atoms with van der Waals surface area (Å²) >= 11 is 0. The van der Waals surface area contributed by atoms with Gasteiger partial charge in [-0.25, -0.2) is 0 Å². The fraction of sp³-hybridized carbons (Fsp3) is 0.667. The van der Waals surface area contributed by atoms with E-state index in [0.717, 1.165) is 0 Å². The minimum atomic E-state index is 0.00319. The van der Waals surface area contributed by atoms with Crippen LogP contribution in [0.1, 0.15) is 6.42 Å². The summed E-state index contributed by atoms with van der Waals surface area (Å²) in [5.41, 5.74) is 0. The highest BCUT2D eigenvalue weighted by molar-refractivity contribution is 5.75. The highest BCUT2D eigenvalue weighted by Gasteiger charge is 1.94. The van der Waals surface area contributed by atoms with Crippen molar-refractivity contribution in [3.63, 3.8) is 0 Å². The van der Waals surface area contributed by atoms with Gasteiger partial charge in [0.15, 0.2) is 0 Å². The van der Waals surface area contributed by atoms with Crippen molar-refractivity contribution in [2.24, 2.45) is 0 Å². The van der Waals surface area contributed by atoms with Gasteiger partial charge in [-0.3, -0.25) is 4.79 Å². The number of carbonyl (C=O) groups excluding carboxylic acids is 1. The van der Waals surface area contributed by atoms with Gasteiger partial charge in [-0.15, -0.1) is 0 Å². The van der Waals surface area contributed by atoms with Crippen LogP contribution in [0.2, 0.25) is 0 Å². The molecule has 0 aromatic carbocycles. The standard InChI is InChI=1S/C6H12NO2/c1-3-9-5-4-6(8)7-2/h1,3-5H2,2H3,(H,7,8). The van der Waals surface area contributed by atoms with Crippen LogP contribution in [0.25, 0.3) is 0 Å². The molecule has 53 valence electrons. The van der Waals surface area contributed by atoms with E-state index < -0.39 is 0 Å². The Morgan fingerprint density at radius 2 is 2.44 bits per heavy atom. The molecular weight excluding hydrogens is 118 g/mol. The van der Waals surface area contributed by atoms with E-state index in [0.29, 0.717) is 19.6 Å². The number of hydrogen-bond acceptors (Lipinski definition) is 2. The van der Waals surface area contributed by atoms with E-state index >= 15 is 0 Å². The van der Waals surface area contributed by atoms with Crippen LogP contribution in [-0.4, -0.2) is 26.2 Å². The quantitative estimate of drug-likeness (QED) is 0.543. The predicted molar refractivity (Wildman–Crippen MR) is 34.9 cm³/mol. The Kier molecular flexibility index (Phi) is 5.21. The molecule has 0 unspecified atom stereocenters. The van der Waals surface area contributed by atoms with E-state index in [1.807, 2.05) is 0 Å². The van der Waals surface area contributed by atoms with E-state index in [1.54, 1.807) is 7.05 Å². The van der Waals surface area contributed by atoms with Crippen LogP contribution in [0.5, 0.6) is 0 Å². The van der Waals surface area contributed by atoms with Crippen LogP contribution in [0.15, 0.2) is 0 Å². The van der Waals surface area contributed by atoms with Crippen molar-refractivity contribution >= 4 is 5.91 Å². The average Bonchev–Trinajstić information content (AvgIpc) is 1.89. The molecule has 9 heavy (non-hydrogen) atoms. The molecular formula is C6H12NO2. The molecule has 0 aliphatic rings. The van der Waals surface area contributed by atoms with Crippen molar-refractivity contribution in [3.8, 4) is 0 Å². The first-order chi connectivity index (χ1) is 4.31. The van der Waals surface area contributed by atoms with Crippen molar-refractivity contribution in [1.82, 2.24) is 5.32 Å². The molecule has 0 aliphatic carbocycles. The number of rotatable bonds is 4. The molecule has 0 atom stereocenters. The second-order valence-corrected chi connectivity index (χ2v) is 1.54. The molecule has 0 rings (SSSR count). The second kappa shape index (κ2) is 5.56. The molecule has 0 saturated heterocycles. The third-order valence-electron chi connectivity index (χ3n) is 0.897. The first-order valence-corrected chi connectivity index (χ1v) is 2.89. The van der Waals surface area contributed by atoms with Gasteiger partial charge in [0.05, 0.1) is 6.61 Å². The van der Waals surface area contributed by atoms with E-state index in [2.05, 4.69) is 12.2 Å². The van der Waals surface area contributed by atoms with Gasteiger partial charge in [0.2, 0.25) is 5.91 Å². The number of carbonyl (C=O) groups is 1. The van der Waals surface area contributed by atoms with Crippen LogP contribution in [-0.2, 0) is 9.53 Å². The molecule has 1 N–H and O–H groups in total. The lowest BCUT2D eigenvalue weighted by Crippen LogP contribution is -2.19. The lowest BCUT2D eigenvalue weighted by molar-refractivity contribution is -0.121. The molecule has 0 aromatic rings. The molecule has 3 heteroatoms. The van der Waals surface area contributed by atoms with Gasteiger partial charge in [-0.2, -0.15) is 0 Å². The highest BCUT2D eigenvalue weighted by atomic mass is 16.5. The van der Waals surface area contributed by atoms with Gasteiger partial charge in [0, 0.05) is 20.1 Å². The molecule has 1 radical (unpaired) electrons. The van der Waals surface area contributed by atoms with E-state index in [4.69, 9.17) is 4.74 Å². The van der Waals surface area contributed by atoms with Crippen molar-refractivity contribution < 1.29 is 9.53 Å². The summed E-state index contributed by atoms with van der Waals surface area (Å²) in [5.74, 6) is 0.00319. The summed E-state index contributed by atoms with van der Waals surface area (Å²) in [6.45, 7) is 4.34. The topological polar surface area (TPSA) is 38.3 Å². The Balaban J connectivity index is 2.97. The number of amides is 1. The third-order valence-corrected chi connectivity index (χ3v) is 0.897. The van der Waals surface area contributed by atoms with Gasteiger partial charge >= 0.3 is 0 Å². The zero-order valence-corrected chi connectivity index (χ0v) is 5.64. The van der Waals surface area contributed by atoms with Crippen molar-refractivity contribution in [2.75, 3.05) is 20.3 Å². The van der Waals surface area contributed by atoms with Crippen molar-refractivity contribution in [2.45, 2.75) is 6.42 Å². The maximum Gasteiger partial charge on any atom is 0.222 e. The minimum Gasteiger partial charge on any atom is -0.381 e. The van der Waals surface area contributed by atoms with Gasteiger partial charge in [-0.05, 0) is 6.92 Å². The predicted octanol–water partition coefficient (Wildman–Crippen LogP) is -0.0268. The van der Waals surface area contributed by atoms with Gasteiger partial charge in [0.25, 0.3) is 0 Å². The molecule has 1 amide bonds. The summed E-state index contributed by atoms with van der Waals surface area (Å²) in [7, 11) is 1.60. The Bertz CT molecular complexity index is 83.1. The monoisotopic (exact) mass is 130 g/mol. The lowest BCUT2D eigenvalue weighted by atomic mass is 10.4. The summed E-state index contributed by atoms with van der Waals surface area (Å²) < 4.78 is 4.83. The van der Waals surface area contributed by atoms with Crippen molar-refractivity contribution in [1.29, 1.82) is 0 Å². The summed E-state index contributed by atoms with van der Waals surface area (Å²) in [6, 6.07) is 0. The van der Waals surface area contributed by atoms with Gasteiger partial charge < -0.3 is 10.1 Å². The molecule has 0 spiro atoms. The zero-order chi connectivity index (χ0) is 7.11. The first kappa shape index (κ1) is 8.43. The van der Waals surface area contributed by atoms with Crippen molar-refractivity contribution in [3.05, 3.63) is 6.92 Å². The summed E-state index contributed by atoms with van der Waals surface area (Å²) in [4.78, 5) is 10.5. The van der Waals surface area contributed by atoms with Crippen LogP contribution >= 0.6 is 0 Å². The van der Waals surface area contributed by atoms with E-state index in [1.165, 1.54) is 0 Å². The largest absolute Gasteiger partial charge is 0.381 e.